The fraction of sp³-hybridized carbons (Fsp3) is 0.208. The van der Waals surface area contributed by atoms with Crippen LogP contribution in [0.1, 0.15) is 32.6 Å². The molecule has 0 spiro atoms. The van der Waals surface area contributed by atoms with Crippen molar-refractivity contribution in [3.8, 4) is 16.9 Å². The fourth-order valence-electron chi connectivity index (χ4n) is 3.26. The Labute approximate surface area is 180 Å². The highest BCUT2D eigenvalue weighted by Crippen LogP contribution is 2.33. The topological polar surface area (TPSA) is 64.3 Å². The van der Waals surface area contributed by atoms with E-state index >= 15 is 0 Å². The van der Waals surface area contributed by atoms with Gasteiger partial charge < -0.3 is 15.8 Å². The van der Waals surface area contributed by atoms with E-state index in [-0.39, 0.29) is 18.3 Å². The van der Waals surface area contributed by atoms with Gasteiger partial charge in [0.25, 0.3) is 5.91 Å². The average molecular weight is 427 g/mol. The van der Waals surface area contributed by atoms with Gasteiger partial charge in [0.05, 0.1) is 7.11 Å². The predicted molar refractivity (Wildman–Crippen MR) is 118 cm³/mol. The molecule has 0 heterocycles. The molecule has 0 aliphatic heterocycles. The average Bonchev–Trinajstić information content (AvgIpc) is 2.75. The summed E-state index contributed by atoms with van der Waals surface area (Å²) in [6, 6.07) is 14.1. The van der Waals surface area contributed by atoms with Crippen LogP contribution < -0.4 is 15.8 Å². The van der Waals surface area contributed by atoms with E-state index in [1.54, 1.807) is 25.1 Å². The molecule has 3 aromatic carbocycles. The number of hydrogen-bond acceptors (Lipinski definition) is 3. The van der Waals surface area contributed by atoms with Crippen LogP contribution in [0.15, 0.2) is 48.5 Å². The maximum Gasteiger partial charge on any atom is 0.251 e. The highest BCUT2D eigenvalue weighted by molar-refractivity contribution is 6.31. The molecular formula is C24H24ClFN2O2. The summed E-state index contributed by atoms with van der Waals surface area (Å²) in [7, 11) is 1.49. The van der Waals surface area contributed by atoms with Gasteiger partial charge in [-0.15, -0.1) is 0 Å². The molecule has 0 fully saturated rings. The molecule has 30 heavy (non-hydrogen) atoms. The Kier molecular flexibility index (Phi) is 6.75. The van der Waals surface area contributed by atoms with Crippen molar-refractivity contribution in [2.45, 2.75) is 26.9 Å². The molecular weight excluding hydrogens is 403 g/mol. The zero-order valence-electron chi connectivity index (χ0n) is 17.2. The van der Waals surface area contributed by atoms with Gasteiger partial charge in [0.1, 0.15) is 11.6 Å². The highest BCUT2D eigenvalue weighted by Gasteiger charge is 2.14. The number of amides is 1. The third kappa shape index (κ3) is 4.81. The number of halogens is 2. The van der Waals surface area contributed by atoms with Gasteiger partial charge >= 0.3 is 0 Å². The monoisotopic (exact) mass is 426 g/mol. The SMILES string of the molecule is COc1cc(F)c(C)cc1-c1cc(CN)cc(C(=O)NCc2ccc(Cl)c(C)c2)c1. The Morgan fingerprint density at radius 3 is 2.50 bits per heavy atom. The van der Waals surface area contributed by atoms with Gasteiger partial charge in [-0.1, -0.05) is 23.7 Å². The largest absolute Gasteiger partial charge is 0.496 e. The summed E-state index contributed by atoms with van der Waals surface area (Å²) in [4.78, 5) is 12.8. The van der Waals surface area contributed by atoms with Gasteiger partial charge in [0, 0.05) is 35.3 Å². The molecule has 0 atom stereocenters. The van der Waals surface area contributed by atoms with Crippen LogP contribution in [0.5, 0.6) is 5.75 Å². The Bertz CT molecular complexity index is 1100. The first kappa shape index (κ1) is 21.8. The zero-order chi connectivity index (χ0) is 21.8. The normalized spacial score (nSPS) is 10.7. The summed E-state index contributed by atoms with van der Waals surface area (Å²) >= 11 is 6.06. The van der Waals surface area contributed by atoms with Crippen molar-refractivity contribution in [1.29, 1.82) is 0 Å². The fourth-order valence-corrected chi connectivity index (χ4v) is 3.37. The van der Waals surface area contributed by atoms with Crippen LogP contribution in [0.4, 0.5) is 4.39 Å². The van der Waals surface area contributed by atoms with Crippen LogP contribution in [0.2, 0.25) is 5.02 Å². The number of rotatable bonds is 6. The first-order valence-electron chi connectivity index (χ1n) is 9.54. The summed E-state index contributed by atoms with van der Waals surface area (Å²) in [5.74, 6) is -0.172. The molecule has 0 aliphatic carbocycles. The lowest BCUT2D eigenvalue weighted by atomic mass is 9.97. The molecule has 0 radical (unpaired) electrons. The lowest BCUT2D eigenvalue weighted by molar-refractivity contribution is 0.0951. The van der Waals surface area contributed by atoms with Crippen LogP contribution in [-0.2, 0) is 13.1 Å². The zero-order valence-corrected chi connectivity index (χ0v) is 17.9. The summed E-state index contributed by atoms with van der Waals surface area (Å²) in [5, 5.41) is 3.62. The molecule has 0 aliphatic rings. The predicted octanol–water partition coefficient (Wildman–Crippen LogP) is 5.16. The molecule has 0 unspecified atom stereocenters. The first-order valence-corrected chi connectivity index (χ1v) is 9.92. The van der Waals surface area contributed by atoms with Crippen molar-refractivity contribution in [1.82, 2.24) is 5.32 Å². The smallest absolute Gasteiger partial charge is 0.251 e. The standard InChI is InChI=1S/C24H24ClFN2O2/c1-14-6-16(4-5-21(14)25)13-28-24(29)19-9-17(12-27)8-18(10-19)20-7-15(2)22(26)11-23(20)30-3/h4-11H,12-13,27H2,1-3H3,(H,28,29). The lowest BCUT2D eigenvalue weighted by Gasteiger charge is -2.14. The van der Waals surface area contributed by atoms with Gasteiger partial charge in [-0.3, -0.25) is 4.79 Å². The summed E-state index contributed by atoms with van der Waals surface area (Å²) in [6.45, 7) is 4.25. The van der Waals surface area contributed by atoms with Crippen LogP contribution >= 0.6 is 11.6 Å². The minimum atomic E-state index is -0.346. The molecule has 4 nitrogen and oxygen atoms in total. The van der Waals surface area contributed by atoms with Crippen molar-refractivity contribution in [3.05, 3.63) is 87.2 Å². The van der Waals surface area contributed by atoms with Crippen molar-refractivity contribution in [2.24, 2.45) is 5.73 Å². The van der Waals surface area contributed by atoms with Crippen molar-refractivity contribution >= 4 is 17.5 Å². The van der Waals surface area contributed by atoms with E-state index in [0.717, 1.165) is 22.3 Å². The molecule has 3 rings (SSSR count). The van der Waals surface area contributed by atoms with E-state index in [0.29, 0.717) is 34.0 Å². The van der Waals surface area contributed by atoms with E-state index in [9.17, 15) is 9.18 Å². The van der Waals surface area contributed by atoms with Gasteiger partial charge in [-0.25, -0.2) is 4.39 Å². The second kappa shape index (κ2) is 9.28. The number of nitrogens with one attached hydrogen (secondary N) is 1. The number of carbonyl (C=O) groups excluding carboxylic acids is 1. The molecule has 3 aromatic rings. The van der Waals surface area contributed by atoms with Crippen LogP contribution in [0.25, 0.3) is 11.1 Å². The molecule has 156 valence electrons. The van der Waals surface area contributed by atoms with E-state index in [4.69, 9.17) is 22.1 Å². The van der Waals surface area contributed by atoms with Gasteiger partial charge in [0.15, 0.2) is 0 Å². The minimum Gasteiger partial charge on any atom is -0.496 e. The number of carbonyl (C=O) groups is 1. The molecule has 0 bridgehead atoms. The van der Waals surface area contributed by atoms with Crippen LogP contribution in [-0.4, -0.2) is 13.0 Å². The van der Waals surface area contributed by atoms with E-state index in [1.165, 1.54) is 13.2 Å². The number of ether oxygens (including phenoxy) is 1. The highest BCUT2D eigenvalue weighted by atomic mass is 35.5. The molecule has 0 saturated carbocycles. The van der Waals surface area contributed by atoms with Gasteiger partial charge in [0.2, 0.25) is 0 Å². The van der Waals surface area contributed by atoms with Crippen molar-refractivity contribution < 1.29 is 13.9 Å². The third-order valence-corrected chi connectivity index (χ3v) is 5.38. The van der Waals surface area contributed by atoms with Crippen molar-refractivity contribution in [2.75, 3.05) is 7.11 Å². The lowest BCUT2D eigenvalue weighted by Crippen LogP contribution is -2.23. The Hall–Kier alpha value is -2.89. The van der Waals surface area contributed by atoms with E-state index in [1.807, 2.05) is 31.2 Å². The van der Waals surface area contributed by atoms with Crippen molar-refractivity contribution in [3.63, 3.8) is 0 Å². The minimum absolute atomic E-state index is 0.225. The second-order valence-corrected chi connectivity index (χ2v) is 7.60. The van der Waals surface area contributed by atoms with Gasteiger partial charge in [-0.2, -0.15) is 0 Å². The molecule has 1 amide bonds. The number of benzene rings is 3. The maximum absolute atomic E-state index is 14.0. The van der Waals surface area contributed by atoms with Crippen LogP contribution in [0.3, 0.4) is 0 Å². The number of aryl methyl sites for hydroxylation is 2. The summed E-state index contributed by atoms with van der Waals surface area (Å²) in [6.07, 6.45) is 0. The third-order valence-electron chi connectivity index (χ3n) is 4.96. The molecule has 0 saturated heterocycles. The maximum atomic E-state index is 14.0. The number of nitrogens with two attached hydrogens (primary N) is 1. The number of hydrogen-bond donors (Lipinski definition) is 2. The van der Waals surface area contributed by atoms with Gasteiger partial charge in [-0.05, 0) is 72.0 Å². The van der Waals surface area contributed by atoms with Crippen LogP contribution in [0, 0.1) is 19.7 Å². The number of methoxy groups -OCH3 is 1. The molecule has 3 N–H and O–H groups in total. The molecule has 6 heteroatoms. The Balaban J connectivity index is 1.92. The second-order valence-electron chi connectivity index (χ2n) is 7.19. The summed E-state index contributed by atoms with van der Waals surface area (Å²) in [5.41, 5.74) is 11.0. The quantitative estimate of drug-likeness (QED) is 0.572. The Morgan fingerprint density at radius 1 is 1.07 bits per heavy atom. The Morgan fingerprint density at radius 2 is 1.83 bits per heavy atom. The first-order chi connectivity index (χ1) is 14.3. The van der Waals surface area contributed by atoms with E-state index in [2.05, 4.69) is 5.32 Å². The summed E-state index contributed by atoms with van der Waals surface area (Å²) < 4.78 is 19.3. The molecule has 0 aromatic heterocycles. The van der Waals surface area contributed by atoms with E-state index < -0.39 is 0 Å².